The lowest BCUT2D eigenvalue weighted by Crippen LogP contribution is -2.22. The van der Waals surface area contributed by atoms with Gasteiger partial charge in [-0.05, 0) is 48.0 Å². The van der Waals surface area contributed by atoms with Crippen molar-refractivity contribution in [2.24, 2.45) is 0 Å². The molecule has 0 aliphatic heterocycles. The average molecular weight is 420 g/mol. The molecule has 8 nitrogen and oxygen atoms in total. The highest BCUT2D eigenvalue weighted by Gasteiger charge is 2.10. The summed E-state index contributed by atoms with van der Waals surface area (Å²) in [5.41, 5.74) is 1.81. The molecule has 3 aromatic rings. The number of rotatable bonds is 6. The second-order valence-corrected chi connectivity index (χ2v) is 6.69. The zero-order chi connectivity index (χ0) is 22.4. The zero-order valence-electron chi connectivity index (χ0n) is 16.6. The van der Waals surface area contributed by atoms with Gasteiger partial charge in [-0.2, -0.15) is 0 Å². The van der Waals surface area contributed by atoms with Gasteiger partial charge in [0, 0.05) is 36.3 Å². The van der Waals surface area contributed by atoms with E-state index >= 15 is 0 Å². The Morgan fingerprint density at radius 1 is 0.839 bits per heavy atom. The van der Waals surface area contributed by atoms with Gasteiger partial charge in [0.15, 0.2) is 0 Å². The second kappa shape index (κ2) is 9.45. The van der Waals surface area contributed by atoms with Crippen LogP contribution in [-0.4, -0.2) is 28.0 Å². The quantitative estimate of drug-likeness (QED) is 0.359. The summed E-state index contributed by atoms with van der Waals surface area (Å²) in [4.78, 5) is 35.6. The highest BCUT2D eigenvalue weighted by Crippen LogP contribution is 2.20. The summed E-state index contributed by atoms with van der Waals surface area (Å²) in [6.07, 6.45) is 0. The molecular weight excluding hydrogens is 400 g/mol. The number of nitrogens with one attached hydrogen (secondary N) is 2. The maximum absolute atomic E-state index is 12.4. The molecule has 8 heteroatoms. The number of esters is 1. The summed E-state index contributed by atoms with van der Waals surface area (Å²) in [6, 6.07) is 16.8. The van der Waals surface area contributed by atoms with Crippen LogP contribution in [0.4, 0.5) is 5.69 Å². The molecule has 31 heavy (non-hydrogen) atoms. The Labute approximate surface area is 178 Å². The molecule has 0 aromatic heterocycles. The lowest BCUT2D eigenvalue weighted by molar-refractivity contribution is -0.131. The van der Waals surface area contributed by atoms with Crippen molar-refractivity contribution in [1.29, 1.82) is 0 Å². The Kier molecular flexibility index (Phi) is 6.51. The van der Waals surface area contributed by atoms with Crippen molar-refractivity contribution < 1.29 is 29.3 Å². The maximum atomic E-state index is 12.4. The third kappa shape index (κ3) is 6.07. The summed E-state index contributed by atoms with van der Waals surface area (Å²) < 4.78 is 4.98. The minimum Gasteiger partial charge on any atom is -0.508 e. The van der Waals surface area contributed by atoms with Crippen LogP contribution in [0.15, 0.2) is 66.7 Å². The molecule has 0 heterocycles. The van der Waals surface area contributed by atoms with E-state index in [-0.39, 0.29) is 35.3 Å². The van der Waals surface area contributed by atoms with Crippen molar-refractivity contribution in [3.05, 3.63) is 83.4 Å². The SMILES string of the molecule is CC(=O)Oc1cccc(C(=O)Nc2ccc(CNC(=O)c3cc(O)cc(O)c3)cc2)c1. The predicted molar refractivity (Wildman–Crippen MR) is 113 cm³/mol. The largest absolute Gasteiger partial charge is 0.508 e. The molecule has 0 aliphatic rings. The van der Waals surface area contributed by atoms with Crippen molar-refractivity contribution in [1.82, 2.24) is 5.32 Å². The number of phenolic OH excluding ortho intramolecular Hbond substituents is 2. The molecule has 0 saturated heterocycles. The van der Waals surface area contributed by atoms with Crippen LogP contribution in [0.5, 0.6) is 17.2 Å². The molecule has 4 N–H and O–H groups in total. The van der Waals surface area contributed by atoms with Crippen LogP contribution in [0.3, 0.4) is 0 Å². The lowest BCUT2D eigenvalue weighted by atomic mass is 10.1. The fourth-order valence-corrected chi connectivity index (χ4v) is 2.79. The van der Waals surface area contributed by atoms with Gasteiger partial charge in [0.1, 0.15) is 17.2 Å². The van der Waals surface area contributed by atoms with Gasteiger partial charge in [0.2, 0.25) is 0 Å². The summed E-state index contributed by atoms with van der Waals surface area (Å²) in [5, 5.41) is 24.4. The average Bonchev–Trinajstić information content (AvgIpc) is 2.72. The fraction of sp³-hybridized carbons (Fsp3) is 0.0870. The Hall–Kier alpha value is -4.33. The zero-order valence-corrected chi connectivity index (χ0v) is 16.6. The van der Waals surface area contributed by atoms with Crippen molar-refractivity contribution in [2.75, 3.05) is 5.32 Å². The topological polar surface area (TPSA) is 125 Å². The van der Waals surface area contributed by atoms with Crippen LogP contribution in [0, 0.1) is 0 Å². The number of hydrogen-bond donors (Lipinski definition) is 4. The van der Waals surface area contributed by atoms with Crippen molar-refractivity contribution >= 4 is 23.5 Å². The summed E-state index contributed by atoms with van der Waals surface area (Å²) in [6.45, 7) is 1.50. The van der Waals surface area contributed by atoms with E-state index in [1.165, 1.54) is 25.1 Å². The molecule has 3 aromatic carbocycles. The molecule has 0 unspecified atom stereocenters. The van der Waals surface area contributed by atoms with E-state index < -0.39 is 11.9 Å². The molecule has 2 amide bonds. The van der Waals surface area contributed by atoms with Gasteiger partial charge in [-0.1, -0.05) is 18.2 Å². The molecule has 3 rings (SSSR count). The molecule has 0 aliphatic carbocycles. The third-order valence-electron chi connectivity index (χ3n) is 4.19. The van der Waals surface area contributed by atoms with Crippen LogP contribution < -0.4 is 15.4 Å². The maximum Gasteiger partial charge on any atom is 0.308 e. The number of carbonyl (C=O) groups is 3. The summed E-state index contributed by atoms with van der Waals surface area (Å²) in [7, 11) is 0. The highest BCUT2D eigenvalue weighted by atomic mass is 16.5. The number of aromatic hydroxyl groups is 2. The molecule has 0 radical (unpaired) electrons. The van der Waals surface area contributed by atoms with Gasteiger partial charge in [-0.3, -0.25) is 14.4 Å². The highest BCUT2D eigenvalue weighted by molar-refractivity contribution is 6.04. The molecule has 158 valence electrons. The second-order valence-electron chi connectivity index (χ2n) is 6.69. The van der Waals surface area contributed by atoms with Gasteiger partial charge in [-0.15, -0.1) is 0 Å². The number of amides is 2. The van der Waals surface area contributed by atoms with E-state index in [9.17, 15) is 24.6 Å². The standard InChI is InChI=1S/C23H20N2O6/c1-14(26)31-21-4-2-3-16(11-21)23(30)25-18-7-5-15(6-8-18)13-24-22(29)17-9-19(27)12-20(28)10-17/h2-12,27-28H,13H2,1H3,(H,24,29)(H,25,30). The molecule has 0 bridgehead atoms. The van der Waals surface area contributed by atoms with Gasteiger partial charge in [0.25, 0.3) is 11.8 Å². The smallest absolute Gasteiger partial charge is 0.308 e. The minimum absolute atomic E-state index is 0.136. The first kappa shape index (κ1) is 21.4. The van der Waals surface area contributed by atoms with Crippen LogP contribution in [0.1, 0.15) is 33.2 Å². The first-order valence-corrected chi connectivity index (χ1v) is 9.30. The Balaban J connectivity index is 1.58. The fourth-order valence-electron chi connectivity index (χ4n) is 2.79. The predicted octanol–water partition coefficient (Wildman–Crippen LogP) is 3.21. The van der Waals surface area contributed by atoms with E-state index in [2.05, 4.69) is 10.6 Å². The minimum atomic E-state index is -0.471. The first-order chi connectivity index (χ1) is 14.8. The number of phenols is 2. The molecule has 0 atom stereocenters. The molecule has 0 saturated carbocycles. The normalized spacial score (nSPS) is 10.2. The molecule has 0 spiro atoms. The van der Waals surface area contributed by atoms with Gasteiger partial charge < -0.3 is 25.6 Å². The van der Waals surface area contributed by atoms with Crippen LogP contribution in [0.25, 0.3) is 0 Å². The van der Waals surface area contributed by atoms with Gasteiger partial charge in [0.05, 0.1) is 0 Å². The summed E-state index contributed by atoms with van der Waals surface area (Å²) >= 11 is 0. The van der Waals surface area contributed by atoms with Crippen molar-refractivity contribution in [3.8, 4) is 17.2 Å². The van der Waals surface area contributed by atoms with Crippen LogP contribution in [-0.2, 0) is 11.3 Å². The number of anilines is 1. The van der Waals surface area contributed by atoms with E-state index in [0.29, 0.717) is 11.3 Å². The Morgan fingerprint density at radius 2 is 1.52 bits per heavy atom. The number of carbonyl (C=O) groups excluding carboxylic acids is 3. The van der Waals surface area contributed by atoms with Crippen molar-refractivity contribution in [2.45, 2.75) is 13.5 Å². The summed E-state index contributed by atoms with van der Waals surface area (Å²) in [5.74, 6) is -1.41. The van der Waals surface area contributed by atoms with E-state index in [1.54, 1.807) is 42.5 Å². The number of hydrogen-bond acceptors (Lipinski definition) is 6. The van der Waals surface area contributed by atoms with Crippen LogP contribution in [0.2, 0.25) is 0 Å². The van der Waals surface area contributed by atoms with Gasteiger partial charge >= 0.3 is 5.97 Å². The lowest BCUT2D eigenvalue weighted by Gasteiger charge is -2.09. The monoisotopic (exact) mass is 420 g/mol. The molecular formula is C23H20N2O6. The first-order valence-electron chi connectivity index (χ1n) is 9.30. The van der Waals surface area contributed by atoms with E-state index in [0.717, 1.165) is 11.6 Å². The van der Waals surface area contributed by atoms with Crippen LogP contribution >= 0.6 is 0 Å². The van der Waals surface area contributed by atoms with Crippen molar-refractivity contribution in [3.63, 3.8) is 0 Å². The van der Waals surface area contributed by atoms with Gasteiger partial charge in [-0.25, -0.2) is 0 Å². The van der Waals surface area contributed by atoms with E-state index in [4.69, 9.17) is 4.74 Å². The Bertz CT molecular complexity index is 1100. The molecule has 0 fully saturated rings. The third-order valence-corrected chi connectivity index (χ3v) is 4.19. The number of ether oxygens (including phenoxy) is 1. The van der Waals surface area contributed by atoms with E-state index in [1.807, 2.05) is 0 Å². The number of benzene rings is 3. The Morgan fingerprint density at radius 3 is 2.16 bits per heavy atom.